The molecule has 2 heterocycles. The predicted molar refractivity (Wildman–Crippen MR) is 99.9 cm³/mol. The highest BCUT2D eigenvalue weighted by Crippen LogP contribution is 2.27. The van der Waals surface area contributed by atoms with Crippen LogP contribution in [0.25, 0.3) is 0 Å². The molecule has 1 unspecified atom stereocenters. The van der Waals surface area contributed by atoms with E-state index in [1.165, 1.54) is 6.26 Å². The van der Waals surface area contributed by atoms with Crippen molar-refractivity contribution in [2.45, 2.75) is 45.6 Å². The van der Waals surface area contributed by atoms with Gasteiger partial charge >= 0.3 is 0 Å². The van der Waals surface area contributed by atoms with Crippen molar-refractivity contribution in [1.29, 1.82) is 0 Å². The van der Waals surface area contributed by atoms with E-state index in [0.717, 1.165) is 25.7 Å². The fraction of sp³-hybridized carbons (Fsp3) is 0.650. The summed E-state index contributed by atoms with van der Waals surface area (Å²) in [6.45, 7) is 5.97. The fourth-order valence-corrected chi connectivity index (χ4v) is 3.91. The van der Waals surface area contributed by atoms with Crippen molar-refractivity contribution in [3.63, 3.8) is 0 Å². The van der Waals surface area contributed by atoms with Crippen LogP contribution in [-0.4, -0.2) is 59.7 Å². The van der Waals surface area contributed by atoms with Gasteiger partial charge in [-0.1, -0.05) is 26.7 Å². The zero-order valence-corrected chi connectivity index (χ0v) is 16.1. The minimum absolute atomic E-state index is 0.0467. The molecule has 0 bridgehead atoms. The molecule has 148 valence electrons. The summed E-state index contributed by atoms with van der Waals surface area (Å²) in [5, 5.41) is 2.79. The van der Waals surface area contributed by atoms with Gasteiger partial charge in [0.1, 0.15) is 6.04 Å². The van der Waals surface area contributed by atoms with Gasteiger partial charge in [0.25, 0.3) is 5.91 Å². The van der Waals surface area contributed by atoms with Gasteiger partial charge in [0.05, 0.1) is 6.26 Å². The minimum atomic E-state index is -0.611. The highest BCUT2D eigenvalue weighted by molar-refractivity contribution is 5.95. The average Bonchev–Trinajstić information content (AvgIpc) is 3.38. The number of furan rings is 1. The van der Waals surface area contributed by atoms with Crippen molar-refractivity contribution in [3.05, 3.63) is 24.2 Å². The fourth-order valence-electron chi connectivity index (χ4n) is 3.91. The third-order valence-corrected chi connectivity index (χ3v) is 5.57. The van der Waals surface area contributed by atoms with Crippen LogP contribution in [0.4, 0.5) is 0 Å². The molecule has 1 saturated heterocycles. The van der Waals surface area contributed by atoms with E-state index < -0.39 is 6.04 Å². The molecule has 1 aromatic rings. The Hall–Kier alpha value is -2.31. The van der Waals surface area contributed by atoms with Crippen molar-refractivity contribution in [2.24, 2.45) is 11.8 Å². The van der Waals surface area contributed by atoms with Crippen LogP contribution in [0, 0.1) is 11.8 Å². The Morgan fingerprint density at radius 3 is 2.26 bits per heavy atom. The summed E-state index contributed by atoms with van der Waals surface area (Å²) < 4.78 is 5.11. The van der Waals surface area contributed by atoms with Gasteiger partial charge in [-0.3, -0.25) is 14.4 Å². The van der Waals surface area contributed by atoms with E-state index in [-0.39, 0.29) is 35.3 Å². The molecule has 0 radical (unpaired) electrons. The van der Waals surface area contributed by atoms with Gasteiger partial charge in [-0.25, -0.2) is 0 Å². The summed E-state index contributed by atoms with van der Waals surface area (Å²) in [4.78, 5) is 41.4. The SMILES string of the molecule is CC(C)C(NC(=O)c1ccco1)C(=O)N1CCN(C(=O)C2CCCC2)CC1. The van der Waals surface area contributed by atoms with Crippen LogP contribution < -0.4 is 5.32 Å². The van der Waals surface area contributed by atoms with Crippen LogP contribution in [0.3, 0.4) is 0 Å². The maximum atomic E-state index is 13.0. The Morgan fingerprint density at radius 2 is 1.70 bits per heavy atom. The van der Waals surface area contributed by atoms with Crippen molar-refractivity contribution < 1.29 is 18.8 Å². The lowest BCUT2D eigenvalue weighted by Crippen LogP contribution is -2.57. The average molecular weight is 375 g/mol. The summed E-state index contributed by atoms with van der Waals surface area (Å²) in [6, 6.07) is 2.60. The molecule has 7 nitrogen and oxygen atoms in total. The first-order valence-electron chi connectivity index (χ1n) is 9.89. The molecule has 1 N–H and O–H groups in total. The third kappa shape index (κ3) is 4.51. The van der Waals surface area contributed by atoms with Crippen molar-refractivity contribution >= 4 is 17.7 Å². The van der Waals surface area contributed by atoms with Crippen molar-refractivity contribution in [1.82, 2.24) is 15.1 Å². The summed E-state index contributed by atoms with van der Waals surface area (Å²) in [5.74, 6) is 0.0735. The molecule has 2 aliphatic rings. The number of nitrogens with zero attached hydrogens (tertiary/aromatic N) is 2. The normalized spacial score (nSPS) is 19.4. The topological polar surface area (TPSA) is 82.9 Å². The third-order valence-electron chi connectivity index (χ3n) is 5.57. The van der Waals surface area contributed by atoms with Crippen LogP contribution in [0.5, 0.6) is 0 Å². The first-order chi connectivity index (χ1) is 13.0. The number of nitrogens with one attached hydrogen (secondary N) is 1. The molecule has 0 spiro atoms. The van der Waals surface area contributed by atoms with Gasteiger partial charge in [-0.15, -0.1) is 0 Å². The van der Waals surface area contributed by atoms with Crippen LogP contribution >= 0.6 is 0 Å². The minimum Gasteiger partial charge on any atom is -0.459 e. The molecule has 1 aliphatic heterocycles. The van der Waals surface area contributed by atoms with Gasteiger partial charge in [-0.05, 0) is 30.9 Å². The first kappa shape index (κ1) is 19.5. The molecule has 3 amide bonds. The summed E-state index contributed by atoms with van der Waals surface area (Å²) >= 11 is 0. The zero-order valence-electron chi connectivity index (χ0n) is 16.1. The van der Waals surface area contributed by atoms with Crippen LogP contribution in [0.15, 0.2) is 22.8 Å². The molecule has 3 rings (SSSR count). The lowest BCUT2D eigenvalue weighted by atomic mass is 10.0. The molecule has 27 heavy (non-hydrogen) atoms. The van der Waals surface area contributed by atoms with Crippen LogP contribution in [-0.2, 0) is 9.59 Å². The second-order valence-electron chi connectivity index (χ2n) is 7.80. The maximum Gasteiger partial charge on any atom is 0.287 e. The van der Waals surface area contributed by atoms with Gasteiger partial charge in [-0.2, -0.15) is 0 Å². The number of carbonyl (C=O) groups is 3. The molecule has 2 fully saturated rings. The van der Waals surface area contributed by atoms with Crippen molar-refractivity contribution in [3.8, 4) is 0 Å². The van der Waals surface area contributed by atoms with E-state index in [1.54, 1.807) is 17.0 Å². The number of carbonyl (C=O) groups excluding carboxylic acids is 3. The van der Waals surface area contributed by atoms with E-state index in [9.17, 15) is 14.4 Å². The van der Waals surface area contributed by atoms with E-state index in [1.807, 2.05) is 18.7 Å². The Labute approximate surface area is 160 Å². The number of amides is 3. The van der Waals surface area contributed by atoms with E-state index in [0.29, 0.717) is 26.2 Å². The van der Waals surface area contributed by atoms with Crippen molar-refractivity contribution in [2.75, 3.05) is 26.2 Å². The van der Waals surface area contributed by atoms with Crippen LogP contribution in [0.1, 0.15) is 50.1 Å². The standard InChI is InChI=1S/C20H29N3O4/c1-14(2)17(21-18(24)16-8-5-13-27-16)20(26)23-11-9-22(10-12-23)19(25)15-6-3-4-7-15/h5,8,13-15,17H,3-4,6-7,9-12H2,1-2H3,(H,21,24). The highest BCUT2D eigenvalue weighted by atomic mass is 16.3. The molecule has 1 aromatic heterocycles. The first-order valence-corrected chi connectivity index (χ1v) is 9.89. The Morgan fingerprint density at radius 1 is 1.07 bits per heavy atom. The monoisotopic (exact) mass is 375 g/mol. The molecule has 0 aromatic carbocycles. The highest BCUT2D eigenvalue weighted by Gasteiger charge is 2.34. The summed E-state index contributed by atoms with van der Waals surface area (Å²) in [5.41, 5.74) is 0. The van der Waals surface area contributed by atoms with E-state index >= 15 is 0 Å². The van der Waals surface area contributed by atoms with Gasteiger partial charge in [0, 0.05) is 32.1 Å². The molecule has 1 saturated carbocycles. The zero-order chi connectivity index (χ0) is 19.4. The second kappa shape index (κ2) is 8.59. The number of rotatable bonds is 5. The summed E-state index contributed by atoms with van der Waals surface area (Å²) in [7, 11) is 0. The van der Waals surface area contributed by atoms with E-state index in [4.69, 9.17) is 4.42 Å². The summed E-state index contributed by atoms with van der Waals surface area (Å²) in [6.07, 6.45) is 5.70. The Bertz CT molecular complexity index is 657. The lowest BCUT2D eigenvalue weighted by molar-refractivity contribution is -0.143. The Balaban J connectivity index is 1.55. The van der Waals surface area contributed by atoms with Gasteiger partial charge < -0.3 is 19.5 Å². The second-order valence-corrected chi connectivity index (χ2v) is 7.80. The van der Waals surface area contributed by atoms with E-state index in [2.05, 4.69) is 5.32 Å². The molecule has 1 aliphatic carbocycles. The van der Waals surface area contributed by atoms with Crippen LogP contribution in [0.2, 0.25) is 0 Å². The number of piperazine rings is 1. The molecule has 1 atom stereocenters. The molecular weight excluding hydrogens is 346 g/mol. The smallest absolute Gasteiger partial charge is 0.287 e. The van der Waals surface area contributed by atoms with Gasteiger partial charge in [0.2, 0.25) is 11.8 Å². The molecule has 7 heteroatoms. The maximum absolute atomic E-state index is 13.0. The molecular formula is C20H29N3O4. The number of hydrogen-bond acceptors (Lipinski definition) is 4. The quantitative estimate of drug-likeness (QED) is 0.852. The largest absolute Gasteiger partial charge is 0.459 e. The lowest BCUT2D eigenvalue weighted by Gasteiger charge is -2.38. The predicted octanol–water partition coefficient (Wildman–Crippen LogP) is 1.89. The van der Waals surface area contributed by atoms with Gasteiger partial charge in [0.15, 0.2) is 5.76 Å². The Kier molecular flexibility index (Phi) is 6.19. The number of hydrogen-bond donors (Lipinski definition) is 1.